The number of nitrogens with zero attached hydrogens (tertiary/aromatic N) is 2. The first-order chi connectivity index (χ1) is 8.36. The average molecular weight is 227 g/mol. The molecule has 1 N–H and O–H groups in total. The van der Waals surface area contributed by atoms with Crippen LogP contribution in [0.25, 0.3) is 0 Å². The van der Waals surface area contributed by atoms with E-state index in [4.69, 9.17) is 0 Å². The summed E-state index contributed by atoms with van der Waals surface area (Å²) in [5.74, 6) is 0. The van der Waals surface area contributed by atoms with Crippen LogP contribution in [0, 0.1) is 0 Å². The van der Waals surface area contributed by atoms with Crippen LogP contribution >= 0.6 is 0 Å². The molecule has 2 aliphatic rings. The van der Waals surface area contributed by atoms with Gasteiger partial charge in [0, 0.05) is 12.1 Å². The van der Waals surface area contributed by atoms with Crippen LogP contribution in [0.2, 0.25) is 0 Å². The number of carbonyl (C=O) groups excluding carboxylic acids is 1. The van der Waals surface area contributed by atoms with Gasteiger partial charge in [-0.2, -0.15) is 5.10 Å². The van der Waals surface area contributed by atoms with Crippen LogP contribution in [-0.2, 0) is 0 Å². The van der Waals surface area contributed by atoms with Crippen molar-refractivity contribution in [2.45, 2.75) is 12.8 Å². The zero-order valence-electron chi connectivity index (χ0n) is 9.39. The van der Waals surface area contributed by atoms with Crippen molar-refractivity contribution in [1.82, 2.24) is 10.3 Å². The molecule has 0 aliphatic carbocycles. The highest BCUT2D eigenvalue weighted by Gasteiger charge is 2.28. The molecule has 0 saturated carbocycles. The fourth-order valence-electron chi connectivity index (χ4n) is 2.18. The van der Waals surface area contributed by atoms with Crippen LogP contribution in [0.15, 0.2) is 47.2 Å². The second-order valence-electron chi connectivity index (χ2n) is 4.13. The Balaban J connectivity index is 2.05. The summed E-state index contributed by atoms with van der Waals surface area (Å²) < 4.78 is 0. The second kappa shape index (κ2) is 4.05. The van der Waals surface area contributed by atoms with Crippen LogP contribution < -0.4 is 5.43 Å². The van der Waals surface area contributed by atoms with Crippen LogP contribution in [0.3, 0.4) is 0 Å². The molecular weight excluding hydrogens is 214 g/mol. The largest absolute Gasteiger partial charge is 0.342 e. The Kier molecular flexibility index (Phi) is 2.40. The van der Waals surface area contributed by atoms with Crippen molar-refractivity contribution in [2.75, 3.05) is 6.54 Å². The highest BCUT2D eigenvalue weighted by Crippen LogP contribution is 2.22. The molecule has 0 saturated heterocycles. The van der Waals surface area contributed by atoms with E-state index in [-0.39, 0.29) is 6.03 Å². The number of nitrogens with one attached hydrogen (secondary N) is 1. The van der Waals surface area contributed by atoms with Gasteiger partial charge in [-0.3, -0.25) is 4.90 Å². The predicted molar refractivity (Wildman–Crippen MR) is 65.5 cm³/mol. The molecule has 17 heavy (non-hydrogen) atoms. The molecule has 2 amide bonds. The normalized spacial score (nSPS) is 19.1. The number of hydrogen-bond donors (Lipinski definition) is 1. The van der Waals surface area contributed by atoms with Gasteiger partial charge in [-0.05, 0) is 12.8 Å². The van der Waals surface area contributed by atoms with Crippen LogP contribution in [0.5, 0.6) is 0 Å². The number of hydrogen-bond acceptors (Lipinski definition) is 2. The maximum Gasteiger partial charge on any atom is 0.342 e. The van der Waals surface area contributed by atoms with E-state index in [1.807, 2.05) is 30.3 Å². The van der Waals surface area contributed by atoms with Crippen molar-refractivity contribution >= 4 is 11.7 Å². The molecular formula is C13H13N3O. The maximum absolute atomic E-state index is 11.7. The third kappa shape index (κ3) is 1.71. The van der Waals surface area contributed by atoms with Gasteiger partial charge in [0.1, 0.15) is 5.71 Å². The van der Waals surface area contributed by atoms with Gasteiger partial charge in [-0.1, -0.05) is 36.4 Å². The minimum atomic E-state index is -0.129. The van der Waals surface area contributed by atoms with Crippen molar-refractivity contribution in [2.24, 2.45) is 5.10 Å². The van der Waals surface area contributed by atoms with Crippen LogP contribution in [0.4, 0.5) is 4.79 Å². The number of fused-ring (bicyclic) bond motifs is 1. The van der Waals surface area contributed by atoms with Gasteiger partial charge in [-0.15, -0.1) is 0 Å². The van der Waals surface area contributed by atoms with Gasteiger partial charge in [0.2, 0.25) is 0 Å². The Morgan fingerprint density at radius 1 is 1.24 bits per heavy atom. The maximum atomic E-state index is 11.7. The molecule has 1 aromatic carbocycles. The smallest absolute Gasteiger partial charge is 0.291 e. The topological polar surface area (TPSA) is 44.7 Å². The molecule has 2 aliphatic heterocycles. The molecule has 0 bridgehead atoms. The Morgan fingerprint density at radius 2 is 2.06 bits per heavy atom. The number of urea groups is 1. The number of benzene rings is 1. The number of rotatable bonds is 1. The summed E-state index contributed by atoms with van der Waals surface area (Å²) in [6.45, 7) is 0.767. The van der Waals surface area contributed by atoms with E-state index < -0.39 is 0 Å². The molecule has 0 fully saturated rings. The van der Waals surface area contributed by atoms with Crippen molar-refractivity contribution in [3.63, 3.8) is 0 Å². The lowest BCUT2D eigenvalue weighted by Gasteiger charge is -2.32. The molecule has 3 rings (SSSR count). The van der Waals surface area contributed by atoms with Gasteiger partial charge in [-0.25, -0.2) is 10.2 Å². The van der Waals surface area contributed by atoms with Gasteiger partial charge in [0.05, 0.1) is 5.70 Å². The standard InChI is InChI=1S/C13H13N3O/c17-13-15-14-12(10-6-2-1-3-7-10)11-8-4-5-9-16(11)13/h1-3,6-8H,4-5,9H2,(H,15,17). The minimum Gasteiger partial charge on any atom is -0.291 e. The molecule has 0 unspecified atom stereocenters. The van der Waals surface area contributed by atoms with E-state index in [1.165, 1.54) is 0 Å². The average Bonchev–Trinajstić information content (AvgIpc) is 2.41. The van der Waals surface area contributed by atoms with Crippen LogP contribution in [-0.4, -0.2) is 23.2 Å². The van der Waals surface area contributed by atoms with Gasteiger partial charge < -0.3 is 0 Å². The van der Waals surface area contributed by atoms with E-state index in [9.17, 15) is 4.79 Å². The molecule has 0 spiro atoms. The Bertz CT molecular complexity index is 505. The Labute approximate surface area is 99.6 Å². The molecule has 2 heterocycles. The number of hydrazone groups is 1. The summed E-state index contributed by atoms with van der Waals surface area (Å²) in [6.07, 6.45) is 4.11. The van der Waals surface area contributed by atoms with E-state index >= 15 is 0 Å². The summed E-state index contributed by atoms with van der Waals surface area (Å²) in [6, 6.07) is 9.80. The molecule has 86 valence electrons. The summed E-state index contributed by atoms with van der Waals surface area (Å²) in [4.78, 5) is 13.4. The number of amides is 2. The zero-order chi connectivity index (χ0) is 11.7. The fraction of sp³-hybridized carbons (Fsp3) is 0.231. The van der Waals surface area contributed by atoms with E-state index in [1.54, 1.807) is 4.90 Å². The highest BCUT2D eigenvalue weighted by molar-refractivity contribution is 6.15. The number of allylic oxidation sites excluding steroid dienone is 2. The van der Waals surface area contributed by atoms with Crippen molar-refractivity contribution in [1.29, 1.82) is 0 Å². The fourth-order valence-corrected chi connectivity index (χ4v) is 2.18. The van der Waals surface area contributed by atoms with Gasteiger partial charge in [0.15, 0.2) is 0 Å². The van der Waals surface area contributed by atoms with Gasteiger partial charge >= 0.3 is 6.03 Å². The summed E-state index contributed by atoms with van der Waals surface area (Å²) in [7, 11) is 0. The highest BCUT2D eigenvalue weighted by atomic mass is 16.2. The van der Waals surface area contributed by atoms with Crippen molar-refractivity contribution in [3.8, 4) is 0 Å². The first-order valence-corrected chi connectivity index (χ1v) is 5.77. The quantitative estimate of drug-likeness (QED) is 0.784. The number of carbonyl (C=O) groups is 1. The summed E-state index contributed by atoms with van der Waals surface area (Å²) in [5.41, 5.74) is 5.38. The van der Waals surface area contributed by atoms with E-state index in [0.29, 0.717) is 0 Å². The molecule has 0 radical (unpaired) electrons. The lowest BCUT2D eigenvalue weighted by atomic mass is 10.0. The molecule has 4 nitrogen and oxygen atoms in total. The first-order valence-electron chi connectivity index (χ1n) is 5.77. The third-order valence-corrected chi connectivity index (χ3v) is 3.01. The van der Waals surface area contributed by atoms with Crippen molar-refractivity contribution < 1.29 is 4.79 Å². The molecule has 0 atom stereocenters. The Hall–Kier alpha value is -2.10. The lowest BCUT2D eigenvalue weighted by Crippen LogP contribution is -2.46. The van der Waals surface area contributed by atoms with Gasteiger partial charge in [0.25, 0.3) is 0 Å². The molecule has 1 aromatic rings. The van der Waals surface area contributed by atoms with E-state index in [2.05, 4.69) is 16.6 Å². The van der Waals surface area contributed by atoms with E-state index in [0.717, 1.165) is 36.4 Å². The van der Waals surface area contributed by atoms with Crippen molar-refractivity contribution in [3.05, 3.63) is 47.7 Å². The minimum absolute atomic E-state index is 0.129. The molecule has 0 aromatic heterocycles. The summed E-state index contributed by atoms with van der Waals surface area (Å²) in [5, 5.41) is 4.17. The first kappa shape index (κ1) is 10.1. The monoisotopic (exact) mass is 227 g/mol. The lowest BCUT2D eigenvalue weighted by molar-refractivity contribution is 0.209. The summed E-state index contributed by atoms with van der Waals surface area (Å²) >= 11 is 0. The third-order valence-electron chi connectivity index (χ3n) is 3.01. The molecule has 4 heteroatoms. The predicted octanol–water partition coefficient (Wildman–Crippen LogP) is 2.09. The SMILES string of the molecule is O=C1NN=C(c2ccccc2)C2=CCCCN12. The Morgan fingerprint density at radius 3 is 2.88 bits per heavy atom. The zero-order valence-corrected chi connectivity index (χ0v) is 9.39. The van der Waals surface area contributed by atoms with Crippen LogP contribution in [0.1, 0.15) is 18.4 Å². The second-order valence-corrected chi connectivity index (χ2v) is 4.13.